The van der Waals surface area contributed by atoms with Gasteiger partial charge in [0, 0.05) is 42.1 Å². The van der Waals surface area contributed by atoms with E-state index >= 15 is 0 Å². The first-order chi connectivity index (χ1) is 10.7. The molecule has 1 aliphatic rings. The number of amides is 1. The van der Waals surface area contributed by atoms with Gasteiger partial charge in [-0.15, -0.1) is 11.3 Å². The van der Waals surface area contributed by atoms with Gasteiger partial charge in [0.1, 0.15) is 5.82 Å². The Hall–Kier alpha value is -1.88. The van der Waals surface area contributed by atoms with Crippen LogP contribution in [-0.4, -0.2) is 37.0 Å². The van der Waals surface area contributed by atoms with Crippen LogP contribution in [0.4, 0.5) is 10.1 Å². The predicted octanol–water partition coefficient (Wildman–Crippen LogP) is 3.41. The van der Waals surface area contributed by atoms with E-state index in [1.165, 1.54) is 17.0 Å². The van der Waals surface area contributed by atoms with Gasteiger partial charge in [0.05, 0.1) is 5.56 Å². The molecule has 2 aromatic rings. The Balaban J connectivity index is 1.61. The van der Waals surface area contributed by atoms with E-state index in [0.717, 1.165) is 30.8 Å². The summed E-state index contributed by atoms with van der Waals surface area (Å²) in [6, 6.07) is 8.53. The van der Waals surface area contributed by atoms with Crippen LogP contribution in [0.1, 0.15) is 22.2 Å². The summed E-state index contributed by atoms with van der Waals surface area (Å²) in [6.45, 7) is 5.06. The van der Waals surface area contributed by atoms with E-state index in [4.69, 9.17) is 0 Å². The molecule has 1 amide bonds. The average Bonchev–Trinajstić information content (AvgIpc) is 3.04. The van der Waals surface area contributed by atoms with Crippen molar-refractivity contribution in [3.63, 3.8) is 0 Å². The van der Waals surface area contributed by atoms with Gasteiger partial charge in [0.15, 0.2) is 0 Å². The molecule has 1 aromatic heterocycles. The number of hydrogen-bond donors (Lipinski definition) is 0. The number of carbonyl (C=O) groups excluding carboxylic acids is 1. The molecule has 0 radical (unpaired) electrons. The van der Waals surface area contributed by atoms with Crippen molar-refractivity contribution in [1.29, 1.82) is 0 Å². The maximum absolute atomic E-state index is 13.0. The number of anilines is 1. The number of carbonyl (C=O) groups is 1. The van der Waals surface area contributed by atoms with E-state index < -0.39 is 0 Å². The molecule has 22 heavy (non-hydrogen) atoms. The van der Waals surface area contributed by atoms with Crippen LogP contribution < -0.4 is 4.90 Å². The zero-order valence-electron chi connectivity index (χ0n) is 12.6. The minimum absolute atomic E-state index is 0.120. The van der Waals surface area contributed by atoms with Crippen molar-refractivity contribution in [2.45, 2.75) is 13.3 Å². The van der Waals surface area contributed by atoms with Crippen molar-refractivity contribution in [2.75, 3.05) is 31.1 Å². The Morgan fingerprint density at radius 1 is 1.18 bits per heavy atom. The Morgan fingerprint density at radius 2 is 1.86 bits per heavy atom. The molecule has 3 rings (SSSR count). The maximum atomic E-state index is 13.0. The van der Waals surface area contributed by atoms with Crippen LogP contribution in [0, 0.1) is 5.82 Å². The van der Waals surface area contributed by atoms with Crippen molar-refractivity contribution in [3.8, 4) is 0 Å². The molecule has 1 saturated heterocycles. The maximum Gasteiger partial charge on any atom is 0.254 e. The van der Waals surface area contributed by atoms with Crippen LogP contribution in [0.5, 0.6) is 0 Å². The van der Waals surface area contributed by atoms with Gasteiger partial charge in [-0.05, 0) is 36.8 Å². The minimum atomic E-state index is -0.221. The highest BCUT2D eigenvalue weighted by Gasteiger charge is 2.22. The van der Waals surface area contributed by atoms with E-state index in [0.29, 0.717) is 13.1 Å². The molecule has 2 heterocycles. The SMILES string of the molecule is CCc1cc(C(=O)N2CCN(c3ccc(F)cc3)CC2)cs1. The first kappa shape index (κ1) is 15.0. The monoisotopic (exact) mass is 318 g/mol. The zero-order chi connectivity index (χ0) is 15.5. The zero-order valence-corrected chi connectivity index (χ0v) is 13.4. The molecule has 0 atom stereocenters. The summed E-state index contributed by atoms with van der Waals surface area (Å²) in [5.41, 5.74) is 1.81. The Kier molecular flexibility index (Phi) is 4.43. The second-order valence-electron chi connectivity index (χ2n) is 5.41. The molecule has 1 aliphatic heterocycles. The lowest BCUT2D eigenvalue weighted by Gasteiger charge is -2.36. The average molecular weight is 318 g/mol. The molecule has 0 saturated carbocycles. The summed E-state index contributed by atoms with van der Waals surface area (Å²) in [7, 11) is 0. The molecule has 5 heteroatoms. The first-order valence-electron chi connectivity index (χ1n) is 7.54. The molecule has 0 unspecified atom stereocenters. The van der Waals surface area contributed by atoms with E-state index in [9.17, 15) is 9.18 Å². The summed E-state index contributed by atoms with van der Waals surface area (Å²) in [5, 5.41) is 1.95. The molecule has 0 aliphatic carbocycles. The van der Waals surface area contributed by atoms with Crippen LogP contribution in [-0.2, 0) is 6.42 Å². The normalized spacial score (nSPS) is 15.2. The Bertz CT molecular complexity index is 645. The molecule has 116 valence electrons. The summed E-state index contributed by atoms with van der Waals surface area (Å²) < 4.78 is 13.0. The van der Waals surface area contributed by atoms with Gasteiger partial charge < -0.3 is 9.80 Å². The van der Waals surface area contributed by atoms with Crippen molar-refractivity contribution in [2.24, 2.45) is 0 Å². The molecule has 3 nitrogen and oxygen atoms in total. The van der Waals surface area contributed by atoms with Gasteiger partial charge in [0.2, 0.25) is 0 Å². The van der Waals surface area contributed by atoms with Crippen molar-refractivity contribution in [3.05, 3.63) is 52.0 Å². The van der Waals surface area contributed by atoms with Gasteiger partial charge in [-0.3, -0.25) is 4.79 Å². The highest BCUT2D eigenvalue weighted by atomic mass is 32.1. The summed E-state index contributed by atoms with van der Waals surface area (Å²) in [6.07, 6.45) is 0.969. The summed E-state index contributed by atoms with van der Waals surface area (Å²) in [5.74, 6) is -0.101. The third kappa shape index (κ3) is 3.14. The number of thiophene rings is 1. The minimum Gasteiger partial charge on any atom is -0.368 e. The fourth-order valence-corrected chi connectivity index (χ4v) is 3.49. The number of piperazine rings is 1. The van der Waals surface area contributed by atoms with E-state index in [-0.39, 0.29) is 11.7 Å². The number of halogens is 1. The molecule has 0 N–H and O–H groups in total. The molecule has 1 aromatic carbocycles. The number of rotatable bonds is 3. The second kappa shape index (κ2) is 6.48. The van der Waals surface area contributed by atoms with Crippen molar-refractivity contribution >= 4 is 22.9 Å². The van der Waals surface area contributed by atoms with Crippen LogP contribution >= 0.6 is 11.3 Å². The Morgan fingerprint density at radius 3 is 2.45 bits per heavy atom. The molecular weight excluding hydrogens is 299 g/mol. The van der Waals surface area contributed by atoms with E-state index in [1.54, 1.807) is 23.5 Å². The van der Waals surface area contributed by atoms with Crippen molar-refractivity contribution < 1.29 is 9.18 Å². The standard InChI is InChI=1S/C17H19FN2OS/c1-2-16-11-13(12-22-16)17(21)20-9-7-19(8-10-20)15-5-3-14(18)4-6-15/h3-6,11-12H,2,7-10H2,1H3. The van der Waals surface area contributed by atoms with Crippen LogP contribution in [0.2, 0.25) is 0 Å². The number of benzene rings is 1. The lowest BCUT2D eigenvalue weighted by atomic mass is 10.2. The van der Waals surface area contributed by atoms with Gasteiger partial charge >= 0.3 is 0 Å². The van der Waals surface area contributed by atoms with Gasteiger partial charge in [-0.2, -0.15) is 0 Å². The first-order valence-corrected chi connectivity index (χ1v) is 8.42. The lowest BCUT2D eigenvalue weighted by Crippen LogP contribution is -2.48. The summed E-state index contributed by atoms with van der Waals surface area (Å²) >= 11 is 1.65. The smallest absolute Gasteiger partial charge is 0.254 e. The second-order valence-corrected chi connectivity index (χ2v) is 6.41. The number of nitrogens with zero attached hydrogens (tertiary/aromatic N) is 2. The highest BCUT2D eigenvalue weighted by Crippen LogP contribution is 2.20. The predicted molar refractivity (Wildman–Crippen MR) is 88.2 cm³/mol. The fraction of sp³-hybridized carbons (Fsp3) is 0.353. The highest BCUT2D eigenvalue weighted by molar-refractivity contribution is 7.10. The largest absolute Gasteiger partial charge is 0.368 e. The fourth-order valence-electron chi connectivity index (χ4n) is 2.68. The molecule has 0 spiro atoms. The van der Waals surface area contributed by atoms with Gasteiger partial charge in [-0.1, -0.05) is 6.92 Å². The van der Waals surface area contributed by atoms with E-state index in [2.05, 4.69) is 11.8 Å². The van der Waals surface area contributed by atoms with E-state index in [1.807, 2.05) is 16.3 Å². The van der Waals surface area contributed by atoms with Crippen LogP contribution in [0.15, 0.2) is 35.7 Å². The number of hydrogen-bond acceptors (Lipinski definition) is 3. The van der Waals surface area contributed by atoms with Crippen LogP contribution in [0.25, 0.3) is 0 Å². The summed E-state index contributed by atoms with van der Waals surface area (Å²) in [4.78, 5) is 17.8. The van der Waals surface area contributed by atoms with Crippen molar-refractivity contribution in [1.82, 2.24) is 4.90 Å². The topological polar surface area (TPSA) is 23.6 Å². The third-order valence-corrected chi connectivity index (χ3v) is 5.09. The van der Waals surface area contributed by atoms with Crippen LogP contribution in [0.3, 0.4) is 0 Å². The Labute approximate surface area is 134 Å². The van der Waals surface area contributed by atoms with Gasteiger partial charge in [0.25, 0.3) is 5.91 Å². The molecule has 0 bridgehead atoms. The quantitative estimate of drug-likeness (QED) is 0.866. The third-order valence-electron chi connectivity index (χ3n) is 4.01. The molecular formula is C17H19FN2OS. The lowest BCUT2D eigenvalue weighted by molar-refractivity contribution is 0.0747. The van der Waals surface area contributed by atoms with Gasteiger partial charge in [-0.25, -0.2) is 4.39 Å². The molecule has 1 fully saturated rings. The number of aryl methyl sites for hydroxylation is 1.